The number of hydrogen-bond acceptors (Lipinski definition) is 3. The van der Waals surface area contributed by atoms with Crippen molar-refractivity contribution in [3.8, 4) is 5.75 Å². The van der Waals surface area contributed by atoms with E-state index in [1.165, 1.54) is 0 Å². The van der Waals surface area contributed by atoms with Crippen LogP contribution in [-0.4, -0.2) is 18.0 Å². The number of Topliss-reactive ketones (excluding diaryl/α,β-unsaturated/α-hetero) is 1. The van der Waals surface area contributed by atoms with Crippen LogP contribution in [0.1, 0.15) is 28.4 Å². The molecule has 2 aromatic rings. The lowest BCUT2D eigenvalue weighted by atomic mass is 10.0. The Morgan fingerprint density at radius 1 is 1.11 bits per heavy atom. The molecular formula is C16H16O3. The minimum Gasteiger partial charge on any atom is -0.497 e. The number of ether oxygens (including phenoxy) is 1. The predicted octanol–water partition coefficient (Wildman–Crippen LogP) is 3.00. The van der Waals surface area contributed by atoms with Crippen LogP contribution in [0.3, 0.4) is 0 Å². The summed E-state index contributed by atoms with van der Waals surface area (Å²) in [7, 11) is 1.58. The molecule has 0 heterocycles. The van der Waals surface area contributed by atoms with E-state index in [4.69, 9.17) is 4.74 Å². The summed E-state index contributed by atoms with van der Waals surface area (Å²) in [6.07, 6.45) is -0.688. The van der Waals surface area contributed by atoms with Crippen molar-refractivity contribution in [1.82, 2.24) is 0 Å². The summed E-state index contributed by atoms with van der Waals surface area (Å²) in [6, 6.07) is 16.1. The molecule has 0 aliphatic heterocycles. The molecule has 0 fully saturated rings. The summed E-state index contributed by atoms with van der Waals surface area (Å²) in [5, 5.41) is 10.0. The van der Waals surface area contributed by atoms with E-state index in [0.29, 0.717) is 11.3 Å². The first-order valence-electron chi connectivity index (χ1n) is 6.11. The number of benzene rings is 2. The number of carbonyl (C=O) groups is 1. The Morgan fingerprint density at radius 2 is 1.74 bits per heavy atom. The van der Waals surface area contributed by atoms with E-state index in [1.54, 1.807) is 31.4 Å². The molecule has 0 saturated heterocycles. The van der Waals surface area contributed by atoms with Crippen LogP contribution in [0.15, 0.2) is 54.6 Å². The summed E-state index contributed by atoms with van der Waals surface area (Å²) in [6.45, 7) is 0. The fraction of sp³-hybridized carbons (Fsp3) is 0.188. The Morgan fingerprint density at radius 3 is 2.32 bits per heavy atom. The summed E-state index contributed by atoms with van der Waals surface area (Å²) in [4.78, 5) is 12.0. The van der Waals surface area contributed by atoms with Crippen molar-refractivity contribution in [2.45, 2.75) is 12.5 Å². The molecule has 0 spiro atoms. The van der Waals surface area contributed by atoms with Crippen molar-refractivity contribution in [3.63, 3.8) is 0 Å². The van der Waals surface area contributed by atoms with E-state index in [-0.39, 0.29) is 12.2 Å². The average Bonchev–Trinajstić information content (AvgIpc) is 2.48. The molecule has 0 aliphatic carbocycles. The fourth-order valence-electron chi connectivity index (χ4n) is 1.86. The Hall–Kier alpha value is -2.13. The summed E-state index contributed by atoms with van der Waals surface area (Å²) < 4.78 is 5.04. The third kappa shape index (κ3) is 3.42. The van der Waals surface area contributed by atoms with Crippen LogP contribution >= 0.6 is 0 Å². The van der Waals surface area contributed by atoms with E-state index in [1.807, 2.05) is 30.3 Å². The van der Waals surface area contributed by atoms with Crippen molar-refractivity contribution < 1.29 is 14.6 Å². The minimum atomic E-state index is -0.768. The van der Waals surface area contributed by atoms with Crippen LogP contribution < -0.4 is 4.74 Å². The highest BCUT2D eigenvalue weighted by atomic mass is 16.5. The molecule has 0 amide bonds. The number of hydrogen-bond donors (Lipinski definition) is 1. The van der Waals surface area contributed by atoms with Crippen LogP contribution in [-0.2, 0) is 0 Å². The van der Waals surface area contributed by atoms with Gasteiger partial charge < -0.3 is 9.84 Å². The molecule has 0 saturated carbocycles. The lowest BCUT2D eigenvalue weighted by Gasteiger charge is -2.10. The SMILES string of the molecule is COc1ccc(C(=O)CC(O)c2ccccc2)cc1. The highest BCUT2D eigenvalue weighted by Crippen LogP contribution is 2.20. The van der Waals surface area contributed by atoms with Crippen LogP contribution in [0.4, 0.5) is 0 Å². The van der Waals surface area contributed by atoms with E-state index in [9.17, 15) is 9.90 Å². The number of aliphatic hydroxyl groups excluding tert-OH is 1. The Kier molecular flexibility index (Phi) is 4.31. The second-order valence-corrected chi connectivity index (χ2v) is 4.28. The zero-order chi connectivity index (χ0) is 13.7. The molecule has 0 radical (unpaired) electrons. The van der Waals surface area contributed by atoms with Crippen LogP contribution in [0.25, 0.3) is 0 Å². The van der Waals surface area contributed by atoms with Gasteiger partial charge in [-0.05, 0) is 29.8 Å². The van der Waals surface area contributed by atoms with Gasteiger partial charge in [-0.15, -0.1) is 0 Å². The monoisotopic (exact) mass is 256 g/mol. The van der Waals surface area contributed by atoms with E-state index >= 15 is 0 Å². The zero-order valence-corrected chi connectivity index (χ0v) is 10.7. The lowest BCUT2D eigenvalue weighted by Crippen LogP contribution is -2.07. The number of rotatable bonds is 5. The van der Waals surface area contributed by atoms with Gasteiger partial charge in [0.2, 0.25) is 0 Å². The number of ketones is 1. The standard InChI is InChI=1S/C16H16O3/c1-19-14-9-7-13(8-10-14)16(18)11-15(17)12-5-3-2-4-6-12/h2-10,15,17H,11H2,1H3. The van der Waals surface area contributed by atoms with Crippen molar-refractivity contribution in [2.24, 2.45) is 0 Å². The molecule has 0 bridgehead atoms. The van der Waals surface area contributed by atoms with Gasteiger partial charge in [-0.3, -0.25) is 4.79 Å². The van der Waals surface area contributed by atoms with Gasteiger partial charge in [-0.1, -0.05) is 30.3 Å². The maximum absolute atomic E-state index is 12.0. The van der Waals surface area contributed by atoms with E-state index in [0.717, 1.165) is 5.56 Å². The quantitative estimate of drug-likeness (QED) is 0.836. The minimum absolute atomic E-state index is 0.0797. The van der Waals surface area contributed by atoms with Gasteiger partial charge in [0.15, 0.2) is 5.78 Å². The molecule has 3 heteroatoms. The topological polar surface area (TPSA) is 46.5 Å². The van der Waals surface area contributed by atoms with Gasteiger partial charge in [-0.25, -0.2) is 0 Å². The van der Waals surface area contributed by atoms with Crippen molar-refractivity contribution in [2.75, 3.05) is 7.11 Å². The average molecular weight is 256 g/mol. The molecule has 3 nitrogen and oxygen atoms in total. The third-order valence-corrected chi connectivity index (χ3v) is 2.98. The van der Waals surface area contributed by atoms with Gasteiger partial charge in [0.25, 0.3) is 0 Å². The first-order chi connectivity index (χ1) is 9.20. The van der Waals surface area contributed by atoms with E-state index in [2.05, 4.69) is 0 Å². The molecular weight excluding hydrogens is 240 g/mol. The highest BCUT2D eigenvalue weighted by molar-refractivity contribution is 5.96. The molecule has 0 aromatic heterocycles. The van der Waals surface area contributed by atoms with Gasteiger partial charge in [0, 0.05) is 12.0 Å². The Bertz CT molecular complexity index is 532. The number of methoxy groups -OCH3 is 1. The fourth-order valence-corrected chi connectivity index (χ4v) is 1.86. The molecule has 2 aromatic carbocycles. The molecule has 0 aliphatic rings. The van der Waals surface area contributed by atoms with Crippen molar-refractivity contribution in [1.29, 1.82) is 0 Å². The second kappa shape index (κ2) is 6.16. The number of aliphatic hydroxyl groups is 1. The van der Waals surface area contributed by atoms with Crippen LogP contribution in [0.2, 0.25) is 0 Å². The largest absolute Gasteiger partial charge is 0.497 e. The first kappa shape index (κ1) is 13.3. The predicted molar refractivity (Wildman–Crippen MR) is 73.3 cm³/mol. The molecule has 1 N–H and O–H groups in total. The Labute approximate surface area is 112 Å². The maximum atomic E-state index is 12.0. The highest BCUT2D eigenvalue weighted by Gasteiger charge is 2.14. The number of carbonyl (C=O) groups excluding carboxylic acids is 1. The zero-order valence-electron chi connectivity index (χ0n) is 10.7. The van der Waals surface area contributed by atoms with Gasteiger partial charge >= 0.3 is 0 Å². The van der Waals surface area contributed by atoms with Gasteiger partial charge in [-0.2, -0.15) is 0 Å². The lowest BCUT2D eigenvalue weighted by molar-refractivity contribution is 0.0880. The van der Waals surface area contributed by atoms with E-state index < -0.39 is 6.10 Å². The van der Waals surface area contributed by atoms with Gasteiger partial charge in [0.1, 0.15) is 5.75 Å². The molecule has 1 unspecified atom stereocenters. The van der Waals surface area contributed by atoms with Crippen LogP contribution in [0, 0.1) is 0 Å². The summed E-state index contributed by atoms with van der Waals surface area (Å²) in [5.41, 5.74) is 1.33. The van der Waals surface area contributed by atoms with Crippen molar-refractivity contribution in [3.05, 3.63) is 65.7 Å². The van der Waals surface area contributed by atoms with Crippen molar-refractivity contribution >= 4 is 5.78 Å². The molecule has 19 heavy (non-hydrogen) atoms. The molecule has 1 atom stereocenters. The molecule has 2 rings (SSSR count). The molecule has 98 valence electrons. The Balaban J connectivity index is 2.04. The maximum Gasteiger partial charge on any atom is 0.165 e. The smallest absolute Gasteiger partial charge is 0.165 e. The summed E-state index contributed by atoms with van der Waals surface area (Å²) in [5.74, 6) is 0.624. The second-order valence-electron chi connectivity index (χ2n) is 4.28. The first-order valence-corrected chi connectivity index (χ1v) is 6.11. The third-order valence-electron chi connectivity index (χ3n) is 2.98. The van der Waals surface area contributed by atoms with Gasteiger partial charge in [0.05, 0.1) is 13.2 Å². The van der Waals surface area contributed by atoms with Crippen LogP contribution in [0.5, 0.6) is 5.75 Å². The normalized spacial score (nSPS) is 11.9. The summed E-state index contributed by atoms with van der Waals surface area (Å²) >= 11 is 0.